The van der Waals surface area contributed by atoms with E-state index >= 15 is 0 Å². The molecule has 0 amide bonds. The lowest BCUT2D eigenvalue weighted by atomic mass is 9.64. The summed E-state index contributed by atoms with van der Waals surface area (Å²) in [6.45, 7) is 14.5. The van der Waals surface area contributed by atoms with Crippen LogP contribution in [-0.4, -0.2) is 49.0 Å². The van der Waals surface area contributed by atoms with Gasteiger partial charge < -0.3 is 0 Å². The number of carbonyl (C=O) groups is 2. The summed E-state index contributed by atoms with van der Waals surface area (Å²) in [6.07, 6.45) is 3.76. The second kappa shape index (κ2) is 9.75. The van der Waals surface area contributed by atoms with Crippen molar-refractivity contribution in [3.8, 4) is 0 Å². The molecule has 2 saturated carbocycles. The van der Waals surface area contributed by atoms with E-state index in [0.29, 0.717) is 11.1 Å². The molecule has 1 aromatic rings. The van der Waals surface area contributed by atoms with Gasteiger partial charge in [0.05, 0.1) is 22.3 Å². The van der Waals surface area contributed by atoms with Crippen molar-refractivity contribution in [2.24, 2.45) is 33.5 Å². The lowest BCUT2D eigenvalue weighted by Gasteiger charge is -2.40. The SMILES string of the molecule is CCC1(CS(=O)(=O)O)C(=O)/C(=C\c2ccc(/C=C3\C(=O)C(C)(CS(=O)(=O)O)C(C)(C)C3C)cc2)C(C)C1(C)C. The highest BCUT2D eigenvalue weighted by atomic mass is 32.2. The smallest absolute Gasteiger partial charge is 0.265 e. The highest BCUT2D eigenvalue weighted by molar-refractivity contribution is 7.86. The van der Waals surface area contributed by atoms with Crippen molar-refractivity contribution in [3.63, 3.8) is 0 Å². The average molecular weight is 581 g/mol. The van der Waals surface area contributed by atoms with E-state index in [-0.39, 0.29) is 29.8 Å². The quantitative estimate of drug-likeness (QED) is 0.334. The van der Waals surface area contributed by atoms with Gasteiger partial charge in [-0.2, -0.15) is 16.8 Å². The summed E-state index contributed by atoms with van der Waals surface area (Å²) in [4.78, 5) is 27.0. The Kier molecular flexibility index (Phi) is 7.85. The third kappa shape index (κ3) is 5.21. The highest BCUT2D eigenvalue weighted by Crippen LogP contribution is 2.59. The second-order valence-corrected chi connectivity index (χ2v) is 15.5. The predicted octanol–water partition coefficient (Wildman–Crippen LogP) is 5.12. The summed E-state index contributed by atoms with van der Waals surface area (Å²) in [5.41, 5.74) is -1.51. The fourth-order valence-electron chi connectivity index (χ4n) is 6.57. The fourth-order valence-corrected chi connectivity index (χ4v) is 9.13. The standard InChI is InChI=1S/C29H40O8S2/c1-9-29(17-39(35,36)37)25(31)23(19(3)27(29,6)7)15-21-12-10-20(11-13-21)14-22-18(2)26(4,5)28(8,24(22)30)16-38(32,33)34/h10-15,18-19H,9,16-17H2,1-8H3,(H,32,33,34)(H,35,36,37)/b22-14-,23-15-. The monoisotopic (exact) mass is 580 g/mol. The van der Waals surface area contributed by atoms with Crippen LogP contribution in [0.5, 0.6) is 0 Å². The average Bonchev–Trinajstić information content (AvgIpc) is 3.00. The van der Waals surface area contributed by atoms with E-state index in [1.54, 1.807) is 50.3 Å². The van der Waals surface area contributed by atoms with Crippen LogP contribution in [0.4, 0.5) is 0 Å². The van der Waals surface area contributed by atoms with Crippen LogP contribution in [0.2, 0.25) is 0 Å². The van der Waals surface area contributed by atoms with E-state index in [9.17, 15) is 35.5 Å². The van der Waals surface area contributed by atoms with Gasteiger partial charge in [-0.15, -0.1) is 0 Å². The molecule has 4 atom stereocenters. The van der Waals surface area contributed by atoms with E-state index in [1.165, 1.54) is 0 Å². The Morgan fingerprint density at radius 3 is 1.49 bits per heavy atom. The van der Waals surface area contributed by atoms with Gasteiger partial charge in [-0.3, -0.25) is 18.7 Å². The first kappa shape index (κ1) is 31.4. The van der Waals surface area contributed by atoms with Crippen LogP contribution < -0.4 is 0 Å². The van der Waals surface area contributed by atoms with Crippen LogP contribution in [0.1, 0.15) is 72.9 Å². The van der Waals surface area contributed by atoms with Gasteiger partial charge in [-0.25, -0.2) is 0 Å². The molecule has 4 unspecified atom stereocenters. The molecule has 2 aliphatic carbocycles. The van der Waals surface area contributed by atoms with Crippen molar-refractivity contribution >= 4 is 44.0 Å². The summed E-state index contributed by atoms with van der Waals surface area (Å²) in [7, 11) is -8.76. The summed E-state index contributed by atoms with van der Waals surface area (Å²) in [5, 5.41) is 0. The molecule has 2 aliphatic rings. The number of allylic oxidation sites excluding steroid dienone is 2. The summed E-state index contributed by atoms with van der Waals surface area (Å²) in [6, 6.07) is 7.19. The topological polar surface area (TPSA) is 143 Å². The van der Waals surface area contributed by atoms with Crippen LogP contribution in [0.15, 0.2) is 35.4 Å². The molecular formula is C29H40O8S2. The zero-order valence-electron chi connectivity index (χ0n) is 23.9. The number of hydrogen-bond acceptors (Lipinski definition) is 6. The zero-order chi connectivity index (χ0) is 30.0. The maximum atomic E-state index is 13.6. The van der Waals surface area contributed by atoms with E-state index in [1.807, 2.05) is 41.5 Å². The van der Waals surface area contributed by atoms with Crippen molar-refractivity contribution in [2.45, 2.75) is 61.8 Å². The lowest BCUT2D eigenvalue weighted by Crippen LogP contribution is -2.45. The van der Waals surface area contributed by atoms with E-state index in [2.05, 4.69) is 0 Å². The molecule has 0 spiro atoms. The summed E-state index contributed by atoms with van der Waals surface area (Å²) >= 11 is 0. The number of hydrogen-bond donors (Lipinski definition) is 2. The minimum absolute atomic E-state index is 0.256. The highest BCUT2D eigenvalue weighted by Gasteiger charge is 2.62. The molecule has 3 rings (SSSR count). The molecule has 0 heterocycles. The van der Waals surface area contributed by atoms with Crippen LogP contribution in [-0.2, 0) is 29.8 Å². The van der Waals surface area contributed by atoms with Gasteiger partial charge in [0, 0.05) is 0 Å². The Morgan fingerprint density at radius 2 is 1.10 bits per heavy atom. The number of rotatable bonds is 7. The van der Waals surface area contributed by atoms with Crippen LogP contribution in [0, 0.1) is 33.5 Å². The molecule has 39 heavy (non-hydrogen) atoms. The van der Waals surface area contributed by atoms with Crippen molar-refractivity contribution < 1.29 is 35.5 Å². The lowest BCUT2D eigenvalue weighted by molar-refractivity contribution is -0.126. The molecule has 0 bridgehead atoms. The van der Waals surface area contributed by atoms with Gasteiger partial charge in [0.1, 0.15) is 0 Å². The number of carbonyl (C=O) groups excluding carboxylic acids is 2. The predicted molar refractivity (Wildman–Crippen MR) is 152 cm³/mol. The van der Waals surface area contributed by atoms with Crippen molar-refractivity contribution in [2.75, 3.05) is 11.5 Å². The maximum absolute atomic E-state index is 13.6. The fraction of sp³-hybridized carbons (Fsp3) is 0.586. The zero-order valence-corrected chi connectivity index (χ0v) is 25.5. The first-order valence-electron chi connectivity index (χ1n) is 13.1. The normalized spacial score (nSPS) is 32.9. The van der Waals surface area contributed by atoms with Crippen molar-refractivity contribution in [1.29, 1.82) is 0 Å². The molecule has 10 heteroatoms. The molecule has 0 radical (unpaired) electrons. The Morgan fingerprint density at radius 1 is 0.718 bits per heavy atom. The molecular weight excluding hydrogens is 540 g/mol. The third-order valence-electron chi connectivity index (χ3n) is 10.3. The molecule has 216 valence electrons. The summed E-state index contributed by atoms with van der Waals surface area (Å²) in [5.74, 6) is -2.39. The molecule has 0 aromatic heterocycles. The second-order valence-electron chi connectivity index (χ2n) is 12.6. The minimum Gasteiger partial charge on any atom is -0.294 e. The van der Waals surface area contributed by atoms with Gasteiger partial charge >= 0.3 is 0 Å². The number of benzene rings is 1. The van der Waals surface area contributed by atoms with Gasteiger partial charge in [0.2, 0.25) is 0 Å². The van der Waals surface area contributed by atoms with Gasteiger partial charge in [-0.1, -0.05) is 79.7 Å². The molecule has 0 saturated heterocycles. The Bertz CT molecular complexity index is 1460. The van der Waals surface area contributed by atoms with Crippen molar-refractivity contribution in [1.82, 2.24) is 0 Å². The Labute approximate surface area is 232 Å². The minimum atomic E-state index is -4.38. The third-order valence-corrected chi connectivity index (χ3v) is 12.1. The largest absolute Gasteiger partial charge is 0.294 e. The van der Waals surface area contributed by atoms with Gasteiger partial charge in [0.15, 0.2) is 11.6 Å². The van der Waals surface area contributed by atoms with Crippen molar-refractivity contribution in [3.05, 3.63) is 46.5 Å². The van der Waals surface area contributed by atoms with E-state index < -0.39 is 53.4 Å². The molecule has 0 aliphatic heterocycles. The van der Waals surface area contributed by atoms with Crippen LogP contribution in [0.3, 0.4) is 0 Å². The van der Waals surface area contributed by atoms with Crippen LogP contribution >= 0.6 is 0 Å². The first-order valence-corrected chi connectivity index (χ1v) is 16.3. The molecule has 2 N–H and O–H groups in total. The molecule has 2 fully saturated rings. The molecule has 8 nitrogen and oxygen atoms in total. The first-order chi connectivity index (χ1) is 17.5. The summed E-state index contributed by atoms with van der Waals surface area (Å²) < 4.78 is 66.2. The van der Waals surface area contributed by atoms with Gasteiger partial charge in [0.25, 0.3) is 20.2 Å². The van der Waals surface area contributed by atoms with E-state index in [4.69, 9.17) is 0 Å². The number of Topliss-reactive ketones (excluding diaryl/α,β-unsaturated/α-hetero) is 2. The van der Waals surface area contributed by atoms with E-state index in [0.717, 1.165) is 11.1 Å². The van der Waals surface area contributed by atoms with Gasteiger partial charge in [-0.05, 0) is 63.5 Å². The maximum Gasteiger partial charge on any atom is 0.265 e. The van der Waals surface area contributed by atoms with Crippen LogP contribution in [0.25, 0.3) is 12.2 Å². The Balaban J connectivity index is 1.98. The Hall–Kier alpha value is -2.14. The molecule has 1 aromatic carbocycles. The number of ketones is 2.